The van der Waals surface area contributed by atoms with Crippen molar-refractivity contribution in [2.45, 2.75) is 44.8 Å². The van der Waals surface area contributed by atoms with E-state index < -0.39 is 24.3 Å². The van der Waals surface area contributed by atoms with Crippen LogP contribution in [0.1, 0.15) is 30.1 Å². The van der Waals surface area contributed by atoms with E-state index in [1.807, 2.05) is 18.2 Å². The molecule has 3 heterocycles. The maximum Gasteiger partial charge on any atom is 0.491 e. The number of rotatable bonds is 12. The van der Waals surface area contributed by atoms with Crippen LogP contribution in [0.4, 0.5) is 35.0 Å². The zero-order valence-corrected chi connectivity index (χ0v) is 23.5. The summed E-state index contributed by atoms with van der Waals surface area (Å²) in [6, 6.07) is 10.5. The SMILES string of the molecule is COCCC(Nc1nc(Nc2ccc3c(C)nn(CCC(O)OC(=O)C(F)(F)F)c3c2)ncc1F)c1cccc2[nH]ncc12. The third-order valence-corrected chi connectivity index (χ3v) is 6.81. The van der Waals surface area contributed by atoms with Gasteiger partial charge in [-0.15, -0.1) is 0 Å². The lowest BCUT2D eigenvalue weighted by molar-refractivity contribution is -0.220. The molecule has 12 nitrogen and oxygen atoms in total. The first-order valence-electron chi connectivity index (χ1n) is 13.4. The molecule has 44 heavy (non-hydrogen) atoms. The quantitative estimate of drug-likeness (QED) is 0.0866. The van der Waals surface area contributed by atoms with Gasteiger partial charge in [0.05, 0.1) is 35.2 Å². The van der Waals surface area contributed by atoms with E-state index in [-0.39, 0.29) is 30.8 Å². The number of halogens is 4. The number of aliphatic hydroxyl groups excluding tert-OH is 1. The van der Waals surface area contributed by atoms with Crippen LogP contribution in [0.5, 0.6) is 0 Å². The van der Waals surface area contributed by atoms with E-state index in [9.17, 15) is 27.5 Å². The molecule has 0 saturated carbocycles. The van der Waals surface area contributed by atoms with E-state index in [1.165, 1.54) is 4.68 Å². The fourth-order valence-electron chi connectivity index (χ4n) is 4.73. The monoisotopic (exact) mass is 616 g/mol. The summed E-state index contributed by atoms with van der Waals surface area (Å²) < 4.78 is 63.0. The Labute approximate surface area is 247 Å². The molecular formula is C28H28F4N8O4. The Hall–Kier alpha value is -4.83. The highest BCUT2D eigenvalue weighted by atomic mass is 19.4. The number of carbonyl (C=O) groups is 1. The van der Waals surface area contributed by atoms with Crippen molar-refractivity contribution in [1.82, 2.24) is 29.9 Å². The van der Waals surface area contributed by atoms with Crippen molar-refractivity contribution in [3.63, 3.8) is 0 Å². The molecule has 0 spiro atoms. The van der Waals surface area contributed by atoms with E-state index in [4.69, 9.17) is 4.74 Å². The topological polar surface area (TPSA) is 152 Å². The highest BCUT2D eigenvalue weighted by molar-refractivity contribution is 5.86. The predicted octanol–water partition coefficient (Wildman–Crippen LogP) is 4.90. The van der Waals surface area contributed by atoms with Crippen molar-refractivity contribution >= 4 is 45.2 Å². The van der Waals surface area contributed by atoms with Gasteiger partial charge in [0, 0.05) is 43.1 Å². The van der Waals surface area contributed by atoms with Crippen LogP contribution >= 0.6 is 0 Å². The highest BCUT2D eigenvalue weighted by Crippen LogP contribution is 2.30. The van der Waals surface area contributed by atoms with Gasteiger partial charge in [0.15, 0.2) is 11.6 Å². The Balaban J connectivity index is 1.34. The summed E-state index contributed by atoms with van der Waals surface area (Å²) in [6.07, 6.45) is -4.27. The number of carbonyl (C=O) groups excluding carboxylic acids is 1. The molecule has 0 radical (unpaired) electrons. The lowest BCUT2D eigenvalue weighted by atomic mass is 10.0. The van der Waals surface area contributed by atoms with E-state index in [0.29, 0.717) is 29.9 Å². The van der Waals surface area contributed by atoms with Crippen LogP contribution in [0, 0.1) is 12.7 Å². The lowest BCUT2D eigenvalue weighted by Crippen LogP contribution is -2.30. The summed E-state index contributed by atoms with van der Waals surface area (Å²) in [5.41, 5.74) is 3.44. The second-order valence-electron chi connectivity index (χ2n) is 9.86. The number of ether oxygens (including phenoxy) is 2. The Bertz CT molecular complexity index is 1770. The van der Waals surface area contributed by atoms with Crippen molar-refractivity contribution in [2.75, 3.05) is 24.4 Å². The van der Waals surface area contributed by atoms with Gasteiger partial charge in [0.25, 0.3) is 0 Å². The number of alkyl halides is 3. The molecule has 0 bridgehead atoms. The van der Waals surface area contributed by atoms with Gasteiger partial charge >= 0.3 is 12.1 Å². The summed E-state index contributed by atoms with van der Waals surface area (Å²) in [5.74, 6) is -3.08. The zero-order valence-electron chi connectivity index (χ0n) is 23.5. The van der Waals surface area contributed by atoms with Gasteiger partial charge in [-0.3, -0.25) is 9.78 Å². The fourth-order valence-corrected chi connectivity index (χ4v) is 4.73. The first-order chi connectivity index (χ1) is 21.0. The Morgan fingerprint density at radius 3 is 2.75 bits per heavy atom. The van der Waals surface area contributed by atoms with Crippen LogP contribution in [0.2, 0.25) is 0 Å². The molecule has 0 amide bonds. The minimum Gasteiger partial charge on any atom is -0.429 e. The van der Waals surface area contributed by atoms with Crippen LogP contribution in [0.25, 0.3) is 21.8 Å². The van der Waals surface area contributed by atoms with Gasteiger partial charge in [-0.05, 0) is 43.2 Å². The number of benzene rings is 2. The molecule has 3 aromatic heterocycles. The second kappa shape index (κ2) is 12.8. The predicted molar refractivity (Wildman–Crippen MR) is 151 cm³/mol. The van der Waals surface area contributed by atoms with E-state index >= 15 is 0 Å². The van der Waals surface area contributed by atoms with Crippen molar-refractivity contribution in [3.05, 3.63) is 65.9 Å². The van der Waals surface area contributed by atoms with Crippen molar-refractivity contribution < 1.29 is 36.9 Å². The Kier molecular flexibility index (Phi) is 8.91. The van der Waals surface area contributed by atoms with Crippen LogP contribution in [-0.2, 0) is 20.8 Å². The molecule has 0 saturated heterocycles. The number of aliphatic hydroxyl groups is 1. The molecule has 2 unspecified atom stereocenters. The number of aryl methyl sites for hydroxylation is 2. The van der Waals surface area contributed by atoms with Crippen LogP contribution in [0.3, 0.4) is 0 Å². The Morgan fingerprint density at radius 2 is 1.98 bits per heavy atom. The van der Waals surface area contributed by atoms with E-state index in [0.717, 1.165) is 28.0 Å². The third-order valence-electron chi connectivity index (χ3n) is 6.81. The number of aromatic nitrogens is 6. The number of fused-ring (bicyclic) bond motifs is 2. The molecule has 0 aliphatic carbocycles. The molecule has 5 rings (SSSR count). The number of esters is 1. The normalized spacial score (nSPS) is 13.2. The van der Waals surface area contributed by atoms with Gasteiger partial charge in [0.2, 0.25) is 12.2 Å². The Morgan fingerprint density at radius 1 is 1.16 bits per heavy atom. The van der Waals surface area contributed by atoms with Gasteiger partial charge in [-0.25, -0.2) is 14.2 Å². The molecule has 0 aliphatic rings. The average Bonchev–Trinajstić information content (AvgIpc) is 3.59. The summed E-state index contributed by atoms with van der Waals surface area (Å²) >= 11 is 0. The van der Waals surface area contributed by atoms with Gasteiger partial charge in [-0.2, -0.15) is 28.4 Å². The fraction of sp³-hybridized carbons (Fsp3) is 0.321. The van der Waals surface area contributed by atoms with Crippen LogP contribution in [-0.4, -0.2) is 67.2 Å². The first kappa shape index (κ1) is 30.6. The summed E-state index contributed by atoms with van der Waals surface area (Å²) in [6.45, 7) is 2.10. The van der Waals surface area contributed by atoms with Gasteiger partial charge < -0.3 is 25.2 Å². The number of nitrogens with one attached hydrogen (secondary N) is 3. The zero-order chi connectivity index (χ0) is 31.4. The summed E-state index contributed by atoms with van der Waals surface area (Å²) in [5, 5.41) is 29.0. The van der Waals surface area contributed by atoms with Crippen molar-refractivity contribution in [2.24, 2.45) is 0 Å². The molecule has 0 fully saturated rings. The molecule has 2 aromatic carbocycles. The smallest absolute Gasteiger partial charge is 0.429 e. The highest BCUT2D eigenvalue weighted by Gasteiger charge is 2.42. The largest absolute Gasteiger partial charge is 0.491 e. The minimum absolute atomic E-state index is 0.0338. The molecule has 4 N–H and O–H groups in total. The van der Waals surface area contributed by atoms with Crippen molar-refractivity contribution in [3.8, 4) is 0 Å². The second-order valence-corrected chi connectivity index (χ2v) is 9.86. The van der Waals surface area contributed by atoms with Crippen molar-refractivity contribution in [1.29, 1.82) is 0 Å². The number of hydrogen-bond donors (Lipinski definition) is 4. The standard InChI is InChI=1S/C28H28F4N8O4/c1-15-17-7-6-16(12-23(17)40(39-15)10-8-24(41)44-26(42)28(30,31)32)35-27-33-14-20(29)25(37-27)36-21(9-11-43-2)18-4-3-5-22-19(18)13-34-38-22/h3-7,12-14,21,24,41H,8-11H2,1-2H3,(H,34,38)(H2,33,35,36,37). The van der Waals surface area contributed by atoms with E-state index in [2.05, 4.69) is 40.6 Å². The average molecular weight is 617 g/mol. The maximum absolute atomic E-state index is 14.9. The lowest BCUT2D eigenvalue weighted by Gasteiger charge is -2.21. The molecular weight excluding hydrogens is 588 g/mol. The number of nitrogens with zero attached hydrogens (tertiary/aromatic N) is 5. The van der Waals surface area contributed by atoms with Gasteiger partial charge in [-0.1, -0.05) is 12.1 Å². The number of anilines is 3. The molecule has 0 aliphatic heterocycles. The number of H-pyrrole nitrogens is 1. The molecule has 2 atom stereocenters. The number of hydrogen-bond acceptors (Lipinski definition) is 10. The molecule has 5 aromatic rings. The van der Waals surface area contributed by atoms with E-state index in [1.54, 1.807) is 38.4 Å². The molecule has 16 heteroatoms. The minimum atomic E-state index is -5.22. The summed E-state index contributed by atoms with van der Waals surface area (Å²) in [7, 11) is 1.58. The van der Waals surface area contributed by atoms with Gasteiger partial charge in [0.1, 0.15) is 0 Å². The summed E-state index contributed by atoms with van der Waals surface area (Å²) in [4.78, 5) is 19.4. The van der Waals surface area contributed by atoms with Crippen LogP contribution < -0.4 is 10.6 Å². The number of methoxy groups -OCH3 is 1. The van der Waals surface area contributed by atoms with Crippen LogP contribution in [0.15, 0.2) is 48.8 Å². The first-order valence-corrected chi connectivity index (χ1v) is 13.4. The number of aromatic amines is 1. The maximum atomic E-state index is 14.9. The third kappa shape index (κ3) is 6.86. The molecule has 232 valence electrons.